The summed E-state index contributed by atoms with van der Waals surface area (Å²) in [6.45, 7) is 0. The topological polar surface area (TPSA) is 76.1 Å². The van der Waals surface area contributed by atoms with E-state index < -0.39 is 9.84 Å². The van der Waals surface area contributed by atoms with E-state index in [0.717, 1.165) is 6.26 Å². The first-order valence-corrected chi connectivity index (χ1v) is 7.94. The van der Waals surface area contributed by atoms with Crippen LogP contribution in [0.15, 0.2) is 47.6 Å². The van der Waals surface area contributed by atoms with E-state index in [2.05, 4.69) is 10.3 Å². The lowest BCUT2D eigenvalue weighted by atomic mass is 10.1. The van der Waals surface area contributed by atoms with Gasteiger partial charge >= 0.3 is 0 Å². The maximum Gasteiger partial charge on any atom is 0.228 e. The summed E-state index contributed by atoms with van der Waals surface area (Å²) in [6, 6.07) is 8.41. The molecule has 1 amide bonds. The largest absolute Gasteiger partial charge is 0.324 e. The van der Waals surface area contributed by atoms with Gasteiger partial charge in [-0.05, 0) is 29.8 Å². The summed E-state index contributed by atoms with van der Waals surface area (Å²) in [4.78, 5) is 15.6. The molecular formula is C14H13FN2O3S. The van der Waals surface area contributed by atoms with Crippen molar-refractivity contribution in [1.29, 1.82) is 0 Å². The quantitative estimate of drug-likeness (QED) is 0.934. The van der Waals surface area contributed by atoms with Gasteiger partial charge in [-0.3, -0.25) is 4.79 Å². The van der Waals surface area contributed by atoms with Crippen molar-refractivity contribution in [1.82, 2.24) is 4.98 Å². The highest BCUT2D eigenvalue weighted by Crippen LogP contribution is 2.11. The molecule has 21 heavy (non-hydrogen) atoms. The predicted octanol–water partition coefficient (Wildman–Crippen LogP) is 1.81. The second-order valence-corrected chi connectivity index (χ2v) is 6.47. The standard InChI is InChI=1S/C14H13FN2O3S/c1-21(19,20)14-7-6-12(9-16-14)17-13(18)8-10-2-4-11(15)5-3-10/h2-7,9H,8H2,1H3,(H,17,18). The first kappa shape index (κ1) is 15.1. The van der Waals surface area contributed by atoms with Crippen LogP contribution in [0.5, 0.6) is 0 Å². The Labute approximate surface area is 121 Å². The zero-order valence-corrected chi connectivity index (χ0v) is 12.0. The number of sulfone groups is 1. The molecule has 0 unspecified atom stereocenters. The van der Waals surface area contributed by atoms with Crippen molar-refractivity contribution in [2.75, 3.05) is 11.6 Å². The Morgan fingerprint density at radius 2 is 1.86 bits per heavy atom. The molecule has 0 spiro atoms. The molecule has 0 saturated carbocycles. The minimum absolute atomic E-state index is 0.0565. The zero-order chi connectivity index (χ0) is 15.5. The van der Waals surface area contributed by atoms with Gasteiger partial charge < -0.3 is 5.32 Å². The highest BCUT2D eigenvalue weighted by molar-refractivity contribution is 7.90. The summed E-state index contributed by atoms with van der Waals surface area (Å²) >= 11 is 0. The first-order valence-electron chi connectivity index (χ1n) is 6.05. The number of anilines is 1. The minimum Gasteiger partial charge on any atom is -0.324 e. The fourth-order valence-corrected chi connectivity index (χ4v) is 2.23. The van der Waals surface area contributed by atoms with Crippen molar-refractivity contribution in [2.45, 2.75) is 11.4 Å². The highest BCUT2D eigenvalue weighted by atomic mass is 32.2. The number of rotatable bonds is 4. The van der Waals surface area contributed by atoms with Gasteiger partial charge in [-0.15, -0.1) is 0 Å². The van der Waals surface area contributed by atoms with Gasteiger partial charge in [0.1, 0.15) is 5.82 Å². The Balaban J connectivity index is 2.01. The molecule has 7 heteroatoms. The number of benzene rings is 1. The van der Waals surface area contributed by atoms with E-state index in [4.69, 9.17) is 0 Å². The fourth-order valence-electron chi connectivity index (χ4n) is 1.67. The summed E-state index contributed by atoms with van der Waals surface area (Å²) in [7, 11) is -3.36. The maximum absolute atomic E-state index is 12.7. The lowest BCUT2D eigenvalue weighted by Crippen LogP contribution is -2.14. The van der Waals surface area contributed by atoms with E-state index in [1.807, 2.05) is 0 Å². The van der Waals surface area contributed by atoms with Gasteiger partial charge in [-0.25, -0.2) is 17.8 Å². The SMILES string of the molecule is CS(=O)(=O)c1ccc(NC(=O)Cc2ccc(F)cc2)cn1. The Morgan fingerprint density at radius 1 is 1.19 bits per heavy atom. The van der Waals surface area contributed by atoms with Crippen molar-refractivity contribution >= 4 is 21.4 Å². The van der Waals surface area contributed by atoms with Crippen LogP contribution in [0, 0.1) is 5.82 Å². The van der Waals surface area contributed by atoms with Gasteiger partial charge in [0.15, 0.2) is 14.9 Å². The molecule has 5 nitrogen and oxygen atoms in total. The zero-order valence-electron chi connectivity index (χ0n) is 11.2. The third kappa shape index (κ3) is 4.35. The van der Waals surface area contributed by atoms with Crippen LogP contribution in [0.3, 0.4) is 0 Å². The van der Waals surface area contributed by atoms with Gasteiger partial charge in [-0.1, -0.05) is 12.1 Å². The number of carbonyl (C=O) groups excluding carboxylic acids is 1. The molecule has 110 valence electrons. The normalized spacial score (nSPS) is 11.1. The molecule has 0 radical (unpaired) electrons. The molecule has 2 aromatic rings. The molecule has 1 heterocycles. The van der Waals surface area contributed by atoms with Crippen molar-refractivity contribution in [2.24, 2.45) is 0 Å². The lowest BCUT2D eigenvalue weighted by molar-refractivity contribution is -0.115. The average Bonchev–Trinajstić information content (AvgIpc) is 2.41. The van der Waals surface area contributed by atoms with Crippen LogP contribution in [-0.4, -0.2) is 25.6 Å². The third-order valence-electron chi connectivity index (χ3n) is 2.68. The average molecular weight is 308 g/mol. The van der Waals surface area contributed by atoms with Gasteiger partial charge in [0.2, 0.25) is 5.91 Å². The number of carbonyl (C=O) groups is 1. The minimum atomic E-state index is -3.36. The molecule has 0 aliphatic rings. The molecule has 2 rings (SSSR count). The van der Waals surface area contributed by atoms with E-state index in [0.29, 0.717) is 11.3 Å². The molecule has 1 aromatic heterocycles. The molecule has 0 aliphatic heterocycles. The number of hydrogen-bond donors (Lipinski definition) is 1. The summed E-state index contributed by atoms with van der Waals surface area (Å²) in [5, 5.41) is 2.54. The monoisotopic (exact) mass is 308 g/mol. The molecule has 1 aromatic carbocycles. The summed E-state index contributed by atoms with van der Waals surface area (Å²) < 4.78 is 35.3. The number of hydrogen-bond acceptors (Lipinski definition) is 4. The Bertz CT molecular complexity index is 741. The smallest absolute Gasteiger partial charge is 0.228 e. The summed E-state index contributed by atoms with van der Waals surface area (Å²) in [6.07, 6.45) is 2.43. The van der Waals surface area contributed by atoms with Crippen LogP contribution < -0.4 is 5.32 Å². The van der Waals surface area contributed by atoms with Crippen molar-refractivity contribution < 1.29 is 17.6 Å². The number of nitrogens with one attached hydrogen (secondary N) is 1. The van der Waals surface area contributed by atoms with Crippen LogP contribution in [0.2, 0.25) is 0 Å². The van der Waals surface area contributed by atoms with Gasteiger partial charge in [-0.2, -0.15) is 0 Å². The molecule has 1 N–H and O–H groups in total. The summed E-state index contributed by atoms with van der Waals surface area (Å²) in [5.74, 6) is -0.657. The van der Waals surface area contributed by atoms with Crippen molar-refractivity contribution in [3.8, 4) is 0 Å². The number of nitrogens with zero attached hydrogens (tertiary/aromatic N) is 1. The van der Waals surface area contributed by atoms with Crippen LogP contribution in [0.25, 0.3) is 0 Å². The summed E-state index contributed by atoms with van der Waals surface area (Å²) in [5.41, 5.74) is 1.07. The number of amides is 1. The highest BCUT2D eigenvalue weighted by Gasteiger charge is 2.09. The van der Waals surface area contributed by atoms with Gasteiger partial charge in [0.05, 0.1) is 18.3 Å². The number of pyridine rings is 1. The Hall–Kier alpha value is -2.28. The second-order valence-electron chi connectivity index (χ2n) is 4.51. The lowest BCUT2D eigenvalue weighted by Gasteiger charge is -2.05. The molecule has 0 fully saturated rings. The van der Waals surface area contributed by atoms with E-state index in [9.17, 15) is 17.6 Å². The molecule has 0 saturated heterocycles. The Morgan fingerprint density at radius 3 is 2.38 bits per heavy atom. The maximum atomic E-state index is 12.7. The van der Waals surface area contributed by atoms with Gasteiger partial charge in [0.25, 0.3) is 0 Å². The van der Waals surface area contributed by atoms with E-state index in [1.165, 1.54) is 42.6 Å². The number of halogens is 1. The molecule has 0 bridgehead atoms. The Kier molecular flexibility index (Phi) is 4.32. The van der Waals surface area contributed by atoms with Crippen LogP contribution in [0.1, 0.15) is 5.56 Å². The molecular weight excluding hydrogens is 295 g/mol. The van der Waals surface area contributed by atoms with Crippen LogP contribution in [0.4, 0.5) is 10.1 Å². The predicted molar refractivity (Wildman–Crippen MR) is 76.1 cm³/mol. The molecule has 0 atom stereocenters. The van der Waals surface area contributed by atoms with Crippen molar-refractivity contribution in [3.05, 3.63) is 54.0 Å². The molecule has 0 aliphatic carbocycles. The van der Waals surface area contributed by atoms with E-state index in [-0.39, 0.29) is 23.2 Å². The van der Waals surface area contributed by atoms with E-state index in [1.54, 1.807) is 0 Å². The second kappa shape index (κ2) is 6.01. The van der Waals surface area contributed by atoms with E-state index >= 15 is 0 Å². The van der Waals surface area contributed by atoms with Crippen molar-refractivity contribution in [3.63, 3.8) is 0 Å². The van der Waals surface area contributed by atoms with Crippen LogP contribution >= 0.6 is 0 Å². The fraction of sp³-hybridized carbons (Fsp3) is 0.143. The van der Waals surface area contributed by atoms with Crippen LogP contribution in [-0.2, 0) is 21.1 Å². The first-order chi connectivity index (χ1) is 9.84. The number of aromatic nitrogens is 1. The third-order valence-corrected chi connectivity index (χ3v) is 3.68. The van der Waals surface area contributed by atoms with Gasteiger partial charge in [0, 0.05) is 6.26 Å².